The summed E-state index contributed by atoms with van der Waals surface area (Å²) < 4.78 is 0. The third kappa shape index (κ3) is 3.29. The zero-order valence-electron chi connectivity index (χ0n) is 11.0. The molecule has 1 fully saturated rings. The smallest absolute Gasteiger partial charge is 0.0570 e. The molecule has 94 valence electrons. The van der Waals surface area contributed by atoms with E-state index in [1.54, 1.807) is 0 Å². The van der Waals surface area contributed by atoms with Crippen molar-refractivity contribution in [2.45, 2.75) is 58.0 Å². The fourth-order valence-corrected chi connectivity index (χ4v) is 2.95. The quantitative estimate of drug-likeness (QED) is 0.856. The SMILES string of the molecule is CCC1CCCCC1NC(C)c1ccccn1. The summed E-state index contributed by atoms with van der Waals surface area (Å²) in [6.07, 6.45) is 8.69. The number of pyridine rings is 1. The first-order valence-corrected chi connectivity index (χ1v) is 6.98. The summed E-state index contributed by atoms with van der Waals surface area (Å²) in [7, 11) is 0. The monoisotopic (exact) mass is 232 g/mol. The molecular formula is C15H24N2. The van der Waals surface area contributed by atoms with Crippen LogP contribution < -0.4 is 5.32 Å². The average Bonchev–Trinajstić information content (AvgIpc) is 2.40. The van der Waals surface area contributed by atoms with Gasteiger partial charge >= 0.3 is 0 Å². The van der Waals surface area contributed by atoms with Crippen LogP contribution in [0.3, 0.4) is 0 Å². The highest BCUT2D eigenvalue weighted by Crippen LogP contribution is 2.28. The Morgan fingerprint density at radius 1 is 1.35 bits per heavy atom. The Morgan fingerprint density at radius 2 is 2.18 bits per heavy atom. The molecule has 1 saturated carbocycles. The molecular weight excluding hydrogens is 208 g/mol. The molecule has 0 saturated heterocycles. The van der Waals surface area contributed by atoms with Crippen molar-refractivity contribution in [3.05, 3.63) is 30.1 Å². The number of rotatable bonds is 4. The van der Waals surface area contributed by atoms with Crippen molar-refractivity contribution in [3.63, 3.8) is 0 Å². The highest BCUT2D eigenvalue weighted by molar-refractivity contribution is 5.08. The van der Waals surface area contributed by atoms with Crippen molar-refractivity contribution < 1.29 is 0 Å². The molecule has 0 amide bonds. The van der Waals surface area contributed by atoms with Gasteiger partial charge in [0.15, 0.2) is 0 Å². The maximum atomic E-state index is 4.43. The molecule has 2 nitrogen and oxygen atoms in total. The lowest BCUT2D eigenvalue weighted by atomic mass is 9.82. The largest absolute Gasteiger partial charge is 0.306 e. The van der Waals surface area contributed by atoms with Gasteiger partial charge in [-0.1, -0.05) is 32.3 Å². The first kappa shape index (κ1) is 12.6. The Kier molecular flexibility index (Phi) is 4.55. The summed E-state index contributed by atoms with van der Waals surface area (Å²) in [6, 6.07) is 7.21. The van der Waals surface area contributed by atoms with Crippen LogP contribution in [0.2, 0.25) is 0 Å². The fourth-order valence-electron chi connectivity index (χ4n) is 2.95. The van der Waals surface area contributed by atoms with Crippen molar-refractivity contribution in [2.24, 2.45) is 5.92 Å². The number of aromatic nitrogens is 1. The predicted octanol–water partition coefficient (Wildman–Crippen LogP) is 3.70. The van der Waals surface area contributed by atoms with E-state index in [-0.39, 0.29) is 0 Å². The summed E-state index contributed by atoms with van der Waals surface area (Å²) in [4.78, 5) is 4.43. The molecule has 1 N–H and O–H groups in total. The van der Waals surface area contributed by atoms with E-state index < -0.39 is 0 Å². The summed E-state index contributed by atoms with van der Waals surface area (Å²) >= 11 is 0. The van der Waals surface area contributed by atoms with Gasteiger partial charge in [-0.15, -0.1) is 0 Å². The van der Waals surface area contributed by atoms with E-state index in [0.29, 0.717) is 12.1 Å². The average molecular weight is 232 g/mol. The van der Waals surface area contributed by atoms with Gasteiger partial charge in [0.25, 0.3) is 0 Å². The lowest BCUT2D eigenvalue weighted by molar-refractivity contribution is 0.239. The van der Waals surface area contributed by atoms with Crippen LogP contribution in [0.25, 0.3) is 0 Å². The summed E-state index contributed by atoms with van der Waals surface area (Å²) in [5.74, 6) is 0.856. The van der Waals surface area contributed by atoms with Crippen molar-refractivity contribution in [1.29, 1.82) is 0 Å². The van der Waals surface area contributed by atoms with Crippen LogP contribution in [0.1, 0.15) is 57.7 Å². The van der Waals surface area contributed by atoms with E-state index in [2.05, 4.69) is 36.3 Å². The molecule has 0 spiro atoms. The van der Waals surface area contributed by atoms with Crippen LogP contribution in [0, 0.1) is 5.92 Å². The van der Waals surface area contributed by atoms with Gasteiger partial charge in [-0.05, 0) is 37.8 Å². The van der Waals surface area contributed by atoms with Gasteiger partial charge in [0.05, 0.1) is 5.69 Å². The fraction of sp³-hybridized carbons (Fsp3) is 0.667. The molecule has 1 heterocycles. The second-order valence-electron chi connectivity index (χ2n) is 5.20. The highest BCUT2D eigenvalue weighted by Gasteiger charge is 2.25. The van der Waals surface area contributed by atoms with Crippen LogP contribution in [0.15, 0.2) is 24.4 Å². The van der Waals surface area contributed by atoms with Gasteiger partial charge in [-0.25, -0.2) is 0 Å². The van der Waals surface area contributed by atoms with E-state index in [0.717, 1.165) is 11.6 Å². The van der Waals surface area contributed by atoms with Gasteiger partial charge in [-0.3, -0.25) is 4.98 Å². The molecule has 0 bridgehead atoms. The molecule has 0 radical (unpaired) electrons. The van der Waals surface area contributed by atoms with E-state index in [4.69, 9.17) is 0 Å². The second kappa shape index (κ2) is 6.15. The molecule has 1 aliphatic rings. The zero-order chi connectivity index (χ0) is 12.1. The number of nitrogens with one attached hydrogen (secondary N) is 1. The van der Waals surface area contributed by atoms with E-state index >= 15 is 0 Å². The minimum absolute atomic E-state index is 0.369. The van der Waals surface area contributed by atoms with Crippen molar-refractivity contribution >= 4 is 0 Å². The Hall–Kier alpha value is -0.890. The third-order valence-corrected chi connectivity index (χ3v) is 4.03. The van der Waals surface area contributed by atoms with Crippen LogP contribution in [-0.4, -0.2) is 11.0 Å². The molecule has 2 rings (SSSR count). The molecule has 3 unspecified atom stereocenters. The summed E-state index contributed by atoms with van der Waals surface area (Å²) in [5.41, 5.74) is 1.16. The van der Waals surface area contributed by atoms with Gasteiger partial charge in [0.1, 0.15) is 0 Å². The van der Waals surface area contributed by atoms with Crippen LogP contribution in [0.4, 0.5) is 0 Å². The lowest BCUT2D eigenvalue weighted by Gasteiger charge is -2.33. The normalized spacial score (nSPS) is 26.7. The maximum Gasteiger partial charge on any atom is 0.0570 e. The van der Waals surface area contributed by atoms with Gasteiger partial charge in [0, 0.05) is 18.3 Å². The molecule has 1 aromatic heterocycles. The Bertz CT molecular complexity index is 323. The first-order chi connectivity index (χ1) is 8.31. The molecule has 3 atom stereocenters. The molecule has 2 heteroatoms. The number of hydrogen-bond acceptors (Lipinski definition) is 2. The third-order valence-electron chi connectivity index (χ3n) is 4.03. The topological polar surface area (TPSA) is 24.9 Å². The van der Waals surface area contributed by atoms with Gasteiger partial charge < -0.3 is 5.32 Å². The standard InChI is InChI=1S/C15H24N2/c1-3-13-8-4-5-10-15(13)17-12(2)14-9-6-7-11-16-14/h6-7,9,11-13,15,17H,3-5,8,10H2,1-2H3. The molecule has 0 aromatic carbocycles. The maximum absolute atomic E-state index is 4.43. The predicted molar refractivity (Wildman–Crippen MR) is 71.8 cm³/mol. The zero-order valence-corrected chi connectivity index (χ0v) is 11.0. The van der Waals surface area contributed by atoms with Gasteiger partial charge in [0.2, 0.25) is 0 Å². The molecule has 17 heavy (non-hydrogen) atoms. The van der Waals surface area contributed by atoms with Crippen molar-refractivity contribution in [3.8, 4) is 0 Å². The van der Waals surface area contributed by atoms with Crippen LogP contribution in [0.5, 0.6) is 0 Å². The lowest BCUT2D eigenvalue weighted by Crippen LogP contribution is -2.39. The van der Waals surface area contributed by atoms with E-state index in [9.17, 15) is 0 Å². The van der Waals surface area contributed by atoms with Crippen molar-refractivity contribution in [2.75, 3.05) is 0 Å². The van der Waals surface area contributed by atoms with E-state index in [1.807, 2.05) is 12.3 Å². The molecule has 0 aliphatic heterocycles. The Balaban J connectivity index is 1.95. The minimum atomic E-state index is 0.369. The van der Waals surface area contributed by atoms with Gasteiger partial charge in [-0.2, -0.15) is 0 Å². The van der Waals surface area contributed by atoms with Crippen LogP contribution >= 0.6 is 0 Å². The van der Waals surface area contributed by atoms with Crippen LogP contribution in [-0.2, 0) is 0 Å². The molecule has 1 aromatic rings. The highest BCUT2D eigenvalue weighted by atomic mass is 15.0. The first-order valence-electron chi connectivity index (χ1n) is 6.98. The Morgan fingerprint density at radius 3 is 2.88 bits per heavy atom. The molecule has 1 aliphatic carbocycles. The minimum Gasteiger partial charge on any atom is -0.306 e. The number of nitrogens with zero attached hydrogens (tertiary/aromatic N) is 1. The Labute approximate surface area is 105 Å². The summed E-state index contributed by atoms with van der Waals surface area (Å²) in [6.45, 7) is 4.54. The van der Waals surface area contributed by atoms with Crippen molar-refractivity contribution in [1.82, 2.24) is 10.3 Å². The number of hydrogen-bond donors (Lipinski definition) is 1. The second-order valence-corrected chi connectivity index (χ2v) is 5.20. The van der Waals surface area contributed by atoms with E-state index in [1.165, 1.54) is 32.1 Å². The summed E-state index contributed by atoms with van der Waals surface area (Å²) in [5, 5.41) is 3.77.